The summed E-state index contributed by atoms with van der Waals surface area (Å²) in [5, 5.41) is 0.805. The van der Waals surface area contributed by atoms with Gasteiger partial charge in [-0.25, -0.2) is 0 Å². The highest BCUT2D eigenvalue weighted by atomic mass is 35.5. The van der Waals surface area contributed by atoms with Gasteiger partial charge in [-0.15, -0.1) is 0 Å². The molecule has 0 heterocycles. The standard InChI is InChI=1S/C16H25ClN2/c1-4-15(18)8-12-5-6-14(17)9-16(12)19(3)10-13-7-11(13)2/h5-6,9,11,13,15H,4,7-8,10,18H2,1-3H3. The third-order valence-electron chi connectivity index (χ3n) is 4.25. The Bertz CT molecular complexity index is 433. The van der Waals surface area contributed by atoms with Crippen molar-refractivity contribution in [2.75, 3.05) is 18.5 Å². The van der Waals surface area contributed by atoms with Crippen LogP contribution in [0.3, 0.4) is 0 Å². The molecule has 0 aliphatic heterocycles. The molecule has 1 fully saturated rings. The SMILES string of the molecule is CCC(N)Cc1ccc(Cl)cc1N(C)CC1CC1C. The van der Waals surface area contributed by atoms with Crippen LogP contribution in [-0.2, 0) is 6.42 Å². The highest BCUT2D eigenvalue weighted by Gasteiger charge is 2.33. The van der Waals surface area contributed by atoms with Crippen LogP contribution in [0.2, 0.25) is 5.02 Å². The third kappa shape index (κ3) is 3.87. The summed E-state index contributed by atoms with van der Waals surface area (Å²) in [5.41, 5.74) is 8.66. The topological polar surface area (TPSA) is 29.3 Å². The third-order valence-corrected chi connectivity index (χ3v) is 4.48. The zero-order chi connectivity index (χ0) is 14.0. The molecule has 0 bridgehead atoms. The maximum absolute atomic E-state index is 6.15. The van der Waals surface area contributed by atoms with E-state index < -0.39 is 0 Å². The van der Waals surface area contributed by atoms with Gasteiger partial charge in [0.05, 0.1) is 0 Å². The van der Waals surface area contributed by atoms with E-state index in [4.69, 9.17) is 17.3 Å². The van der Waals surface area contributed by atoms with Gasteiger partial charge in [0, 0.05) is 30.3 Å². The van der Waals surface area contributed by atoms with E-state index in [1.807, 2.05) is 6.07 Å². The van der Waals surface area contributed by atoms with Gasteiger partial charge in [-0.1, -0.05) is 31.5 Å². The van der Waals surface area contributed by atoms with Gasteiger partial charge in [-0.2, -0.15) is 0 Å². The summed E-state index contributed by atoms with van der Waals surface area (Å²) in [7, 11) is 2.16. The van der Waals surface area contributed by atoms with E-state index in [0.29, 0.717) is 0 Å². The van der Waals surface area contributed by atoms with Crippen molar-refractivity contribution in [2.24, 2.45) is 17.6 Å². The monoisotopic (exact) mass is 280 g/mol. The number of anilines is 1. The molecule has 0 amide bonds. The van der Waals surface area contributed by atoms with Crippen LogP contribution in [0.15, 0.2) is 18.2 Å². The molecule has 2 rings (SSSR count). The van der Waals surface area contributed by atoms with E-state index >= 15 is 0 Å². The fourth-order valence-corrected chi connectivity index (χ4v) is 2.76. The number of hydrogen-bond acceptors (Lipinski definition) is 2. The summed E-state index contributed by atoms with van der Waals surface area (Å²) in [5.74, 6) is 1.72. The normalized spacial score (nSPS) is 23.2. The van der Waals surface area contributed by atoms with Crippen molar-refractivity contribution in [3.63, 3.8) is 0 Å². The van der Waals surface area contributed by atoms with Crippen molar-refractivity contribution in [1.82, 2.24) is 0 Å². The molecular weight excluding hydrogens is 256 g/mol. The highest BCUT2D eigenvalue weighted by Crippen LogP contribution is 2.39. The van der Waals surface area contributed by atoms with E-state index in [9.17, 15) is 0 Å². The van der Waals surface area contributed by atoms with Gasteiger partial charge in [0.25, 0.3) is 0 Å². The molecule has 0 aromatic heterocycles. The fraction of sp³-hybridized carbons (Fsp3) is 0.625. The smallest absolute Gasteiger partial charge is 0.0426 e. The summed E-state index contributed by atoms with van der Waals surface area (Å²) < 4.78 is 0. The maximum Gasteiger partial charge on any atom is 0.0426 e. The molecule has 0 saturated heterocycles. The van der Waals surface area contributed by atoms with Crippen LogP contribution in [-0.4, -0.2) is 19.6 Å². The Morgan fingerprint density at radius 2 is 2.16 bits per heavy atom. The lowest BCUT2D eigenvalue weighted by molar-refractivity contribution is 0.643. The number of nitrogens with two attached hydrogens (primary N) is 1. The van der Waals surface area contributed by atoms with Crippen LogP contribution in [0.4, 0.5) is 5.69 Å². The van der Waals surface area contributed by atoms with Gasteiger partial charge in [-0.05, 0) is 48.8 Å². The predicted molar refractivity (Wildman–Crippen MR) is 84.0 cm³/mol. The second-order valence-corrected chi connectivity index (χ2v) is 6.44. The van der Waals surface area contributed by atoms with Crippen LogP contribution in [0.5, 0.6) is 0 Å². The Labute approximate surface area is 121 Å². The minimum atomic E-state index is 0.230. The van der Waals surface area contributed by atoms with Crippen molar-refractivity contribution >= 4 is 17.3 Å². The Morgan fingerprint density at radius 1 is 1.47 bits per heavy atom. The summed E-state index contributed by atoms with van der Waals surface area (Å²) in [6.07, 6.45) is 3.29. The molecule has 3 heteroatoms. The van der Waals surface area contributed by atoms with Crippen LogP contribution in [0.1, 0.15) is 32.3 Å². The Morgan fingerprint density at radius 3 is 2.74 bits per heavy atom. The molecule has 1 aliphatic rings. The van der Waals surface area contributed by atoms with Gasteiger partial charge >= 0.3 is 0 Å². The van der Waals surface area contributed by atoms with E-state index in [1.54, 1.807) is 0 Å². The summed E-state index contributed by atoms with van der Waals surface area (Å²) >= 11 is 6.15. The molecule has 2 N–H and O–H groups in total. The molecular formula is C16H25ClN2. The molecule has 2 nitrogen and oxygen atoms in total. The Kier molecular flexibility index (Phi) is 4.75. The summed E-state index contributed by atoms with van der Waals surface area (Å²) in [4.78, 5) is 2.35. The fourth-order valence-electron chi connectivity index (χ4n) is 2.60. The predicted octanol–water partition coefficient (Wildman–Crippen LogP) is 3.71. The lowest BCUT2D eigenvalue weighted by Gasteiger charge is -2.24. The van der Waals surface area contributed by atoms with Crippen LogP contribution in [0.25, 0.3) is 0 Å². The molecule has 106 valence electrons. The molecule has 0 radical (unpaired) electrons. The molecule has 1 aromatic carbocycles. The Hall–Kier alpha value is -0.730. The van der Waals surface area contributed by atoms with Crippen LogP contribution >= 0.6 is 11.6 Å². The Balaban J connectivity index is 2.13. The minimum Gasteiger partial charge on any atom is -0.374 e. The van der Waals surface area contributed by atoms with Gasteiger partial charge in [0.2, 0.25) is 0 Å². The first-order valence-corrected chi connectivity index (χ1v) is 7.64. The molecule has 1 aromatic rings. The average Bonchev–Trinajstić information content (AvgIpc) is 3.06. The molecule has 1 aliphatic carbocycles. The number of nitrogens with zero attached hydrogens (tertiary/aromatic N) is 1. The second kappa shape index (κ2) is 6.15. The maximum atomic E-state index is 6.15. The molecule has 3 unspecified atom stereocenters. The first-order valence-electron chi connectivity index (χ1n) is 7.26. The van der Waals surface area contributed by atoms with E-state index in [-0.39, 0.29) is 6.04 Å². The van der Waals surface area contributed by atoms with Crippen molar-refractivity contribution in [3.8, 4) is 0 Å². The summed E-state index contributed by atoms with van der Waals surface area (Å²) in [6, 6.07) is 6.40. The van der Waals surface area contributed by atoms with Crippen molar-refractivity contribution < 1.29 is 0 Å². The van der Waals surface area contributed by atoms with Gasteiger partial charge < -0.3 is 10.6 Å². The minimum absolute atomic E-state index is 0.230. The van der Waals surface area contributed by atoms with Crippen LogP contribution < -0.4 is 10.6 Å². The average molecular weight is 281 g/mol. The first kappa shape index (κ1) is 14.7. The van der Waals surface area contributed by atoms with Crippen molar-refractivity contribution in [3.05, 3.63) is 28.8 Å². The molecule has 0 spiro atoms. The van der Waals surface area contributed by atoms with Crippen LogP contribution in [0, 0.1) is 11.8 Å². The van der Waals surface area contributed by atoms with E-state index in [0.717, 1.165) is 36.2 Å². The summed E-state index contributed by atoms with van der Waals surface area (Å²) in [6.45, 7) is 5.58. The lowest BCUT2D eigenvalue weighted by Crippen LogP contribution is -2.25. The number of benzene rings is 1. The molecule has 3 atom stereocenters. The zero-order valence-corrected chi connectivity index (χ0v) is 13.0. The van der Waals surface area contributed by atoms with E-state index in [1.165, 1.54) is 17.7 Å². The van der Waals surface area contributed by atoms with Gasteiger partial charge in [-0.3, -0.25) is 0 Å². The largest absolute Gasteiger partial charge is 0.374 e. The van der Waals surface area contributed by atoms with Crippen molar-refractivity contribution in [2.45, 2.75) is 39.2 Å². The zero-order valence-electron chi connectivity index (χ0n) is 12.2. The van der Waals surface area contributed by atoms with Crippen molar-refractivity contribution in [1.29, 1.82) is 0 Å². The number of halogens is 1. The first-order chi connectivity index (χ1) is 9.01. The van der Waals surface area contributed by atoms with Gasteiger partial charge in [0.1, 0.15) is 0 Å². The highest BCUT2D eigenvalue weighted by molar-refractivity contribution is 6.30. The van der Waals surface area contributed by atoms with Gasteiger partial charge in [0.15, 0.2) is 0 Å². The number of hydrogen-bond donors (Lipinski definition) is 1. The lowest BCUT2D eigenvalue weighted by atomic mass is 10.0. The molecule has 1 saturated carbocycles. The molecule has 19 heavy (non-hydrogen) atoms. The number of rotatable bonds is 6. The second-order valence-electron chi connectivity index (χ2n) is 6.00. The quantitative estimate of drug-likeness (QED) is 0.861. The van der Waals surface area contributed by atoms with E-state index in [2.05, 4.69) is 37.9 Å².